The maximum Gasteiger partial charge on any atom is 0.184 e. The van der Waals surface area contributed by atoms with Gasteiger partial charge in [-0.2, -0.15) is 5.10 Å². The van der Waals surface area contributed by atoms with Gasteiger partial charge in [-0.1, -0.05) is 12.1 Å². The lowest BCUT2D eigenvalue weighted by Crippen LogP contribution is -2.23. The summed E-state index contributed by atoms with van der Waals surface area (Å²) in [6.07, 6.45) is 1.37. The quantitative estimate of drug-likeness (QED) is 0.255. The zero-order valence-electron chi connectivity index (χ0n) is 10.8. The number of nitrogens with one attached hydrogen (secondary N) is 1. The standard InChI is InChI=1S/C14H13N3O3S/c15-14(21)17-16-7-10-5-8(1-3-11(10)18)9-2-4-12(19)13(20)6-9/h1-7,18-20H,(H3,15,17,21)/b16-7+. The molecule has 0 atom stereocenters. The lowest BCUT2D eigenvalue weighted by Gasteiger charge is -2.06. The molecule has 0 aliphatic carbocycles. The second kappa shape index (κ2) is 6.10. The van der Waals surface area contributed by atoms with E-state index in [0.29, 0.717) is 11.1 Å². The molecule has 0 aromatic heterocycles. The largest absolute Gasteiger partial charge is 0.507 e. The monoisotopic (exact) mass is 303 g/mol. The van der Waals surface area contributed by atoms with Crippen LogP contribution in [-0.2, 0) is 0 Å². The number of rotatable bonds is 3. The van der Waals surface area contributed by atoms with Crippen LogP contribution < -0.4 is 11.2 Å². The summed E-state index contributed by atoms with van der Waals surface area (Å²) in [5.41, 5.74) is 9.50. The number of hydrogen-bond donors (Lipinski definition) is 5. The molecular weight excluding hydrogens is 290 g/mol. The van der Waals surface area contributed by atoms with Crippen molar-refractivity contribution in [1.82, 2.24) is 5.43 Å². The zero-order chi connectivity index (χ0) is 15.4. The molecule has 6 N–H and O–H groups in total. The minimum absolute atomic E-state index is 0.0188. The van der Waals surface area contributed by atoms with Gasteiger partial charge in [0.1, 0.15) is 5.75 Å². The predicted molar refractivity (Wildman–Crippen MR) is 84.4 cm³/mol. The summed E-state index contributed by atoms with van der Waals surface area (Å²) in [4.78, 5) is 0. The molecule has 0 bridgehead atoms. The van der Waals surface area contributed by atoms with Crippen LogP contribution in [0.1, 0.15) is 5.56 Å². The molecule has 0 aliphatic rings. The maximum absolute atomic E-state index is 9.77. The number of phenols is 3. The van der Waals surface area contributed by atoms with Gasteiger partial charge in [0.05, 0.1) is 6.21 Å². The molecule has 2 aromatic carbocycles. The van der Waals surface area contributed by atoms with Crippen LogP contribution in [0.2, 0.25) is 0 Å². The van der Waals surface area contributed by atoms with Gasteiger partial charge in [-0.25, -0.2) is 0 Å². The highest BCUT2D eigenvalue weighted by Crippen LogP contribution is 2.32. The third-order valence-electron chi connectivity index (χ3n) is 2.71. The summed E-state index contributed by atoms with van der Waals surface area (Å²) in [6, 6.07) is 9.32. The summed E-state index contributed by atoms with van der Waals surface area (Å²) >= 11 is 4.61. The predicted octanol–water partition coefficient (Wildman–Crippen LogP) is 1.64. The molecule has 0 fully saturated rings. The van der Waals surface area contributed by atoms with E-state index in [1.807, 2.05) is 0 Å². The van der Waals surface area contributed by atoms with Gasteiger partial charge < -0.3 is 21.1 Å². The normalized spacial score (nSPS) is 10.7. The van der Waals surface area contributed by atoms with Crippen molar-refractivity contribution in [3.05, 3.63) is 42.0 Å². The van der Waals surface area contributed by atoms with Crippen molar-refractivity contribution in [3.8, 4) is 28.4 Å². The average molecular weight is 303 g/mol. The fourth-order valence-corrected chi connectivity index (χ4v) is 1.76. The van der Waals surface area contributed by atoms with E-state index < -0.39 is 0 Å². The Kier molecular flexibility index (Phi) is 4.24. The highest BCUT2D eigenvalue weighted by Gasteiger charge is 2.06. The number of aromatic hydroxyl groups is 3. The summed E-state index contributed by atoms with van der Waals surface area (Å²) in [6.45, 7) is 0. The van der Waals surface area contributed by atoms with E-state index in [0.717, 1.165) is 5.56 Å². The Bertz CT molecular complexity index is 717. The van der Waals surface area contributed by atoms with Crippen molar-refractivity contribution in [1.29, 1.82) is 0 Å². The first-order valence-corrected chi connectivity index (χ1v) is 6.32. The summed E-state index contributed by atoms with van der Waals surface area (Å²) in [7, 11) is 0. The van der Waals surface area contributed by atoms with Gasteiger partial charge in [-0.3, -0.25) is 5.43 Å². The van der Waals surface area contributed by atoms with E-state index in [1.165, 1.54) is 24.4 Å². The second-order valence-electron chi connectivity index (χ2n) is 4.21. The molecule has 0 saturated carbocycles. The molecule has 7 heteroatoms. The number of nitrogens with zero attached hydrogens (tertiary/aromatic N) is 1. The molecule has 0 saturated heterocycles. The van der Waals surface area contributed by atoms with E-state index in [4.69, 9.17) is 5.73 Å². The van der Waals surface area contributed by atoms with Crippen molar-refractivity contribution in [2.24, 2.45) is 10.8 Å². The van der Waals surface area contributed by atoms with Crippen molar-refractivity contribution < 1.29 is 15.3 Å². The fourth-order valence-electron chi connectivity index (χ4n) is 1.71. The lowest BCUT2D eigenvalue weighted by atomic mass is 10.0. The first kappa shape index (κ1) is 14.6. The van der Waals surface area contributed by atoms with E-state index >= 15 is 0 Å². The molecule has 0 unspecified atom stereocenters. The molecule has 108 valence electrons. The van der Waals surface area contributed by atoms with Gasteiger partial charge in [0.2, 0.25) is 0 Å². The molecule has 0 heterocycles. The zero-order valence-corrected chi connectivity index (χ0v) is 11.6. The van der Waals surface area contributed by atoms with Crippen molar-refractivity contribution in [3.63, 3.8) is 0 Å². The van der Waals surface area contributed by atoms with Crippen LogP contribution in [-0.4, -0.2) is 26.6 Å². The van der Waals surface area contributed by atoms with E-state index in [1.54, 1.807) is 18.2 Å². The molecule has 0 aliphatic heterocycles. The van der Waals surface area contributed by atoms with Crippen LogP contribution in [0, 0.1) is 0 Å². The molecule has 2 rings (SSSR count). The highest BCUT2D eigenvalue weighted by atomic mass is 32.1. The SMILES string of the molecule is NC(=S)N/N=C/c1cc(-c2ccc(O)c(O)c2)ccc1O. The van der Waals surface area contributed by atoms with Crippen LogP contribution in [0.3, 0.4) is 0 Å². The van der Waals surface area contributed by atoms with Crippen molar-refractivity contribution >= 4 is 23.5 Å². The number of hydrazone groups is 1. The van der Waals surface area contributed by atoms with E-state index in [-0.39, 0.29) is 22.4 Å². The Morgan fingerprint density at radius 3 is 2.24 bits per heavy atom. The Morgan fingerprint density at radius 1 is 1.00 bits per heavy atom. The lowest BCUT2D eigenvalue weighted by molar-refractivity contribution is 0.404. The third kappa shape index (κ3) is 3.61. The van der Waals surface area contributed by atoms with Gasteiger partial charge in [0.15, 0.2) is 16.6 Å². The summed E-state index contributed by atoms with van der Waals surface area (Å²) < 4.78 is 0. The topological polar surface area (TPSA) is 111 Å². The van der Waals surface area contributed by atoms with Gasteiger partial charge in [-0.05, 0) is 47.6 Å². The molecule has 21 heavy (non-hydrogen) atoms. The van der Waals surface area contributed by atoms with Crippen LogP contribution in [0.5, 0.6) is 17.2 Å². The van der Waals surface area contributed by atoms with Crippen molar-refractivity contribution in [2.45, 2.75) is 0 Å². The molecule has 0 amide bonds. The maximum atomic E-state index is 9.77. The molecule has 2 aromatic rings. The Morgan fingerprint density at radius 2 is 1.62 bits per heavy atom. The number of nitrogens with two attached hydrogens (primary N) is 1. The fraction of sp³-hybridized carbons (Fsp3) is 0. The minimum Gasteiger partial charge on any atom is -0.507 e. The van der Waals surface area contributed by atoms with Crippen molar-refractivity contribution in [2.75, 3.05) is 0 Å². The first-order chi connectivity index (χ1) is 9.97. The Balaban J connectivity index is 2.35. The highest BCUT2D eigenvalue weighted by molar-refractivity contribution is 7.80. The minimum atomic E-state index is -0.217. The first-order valence-electron chi connectivity index (χ1n) is 5.91. The number of benzene rings is 2. The Labute approximate surface area is 126 Å². The molecular formula is C14H13N3O3S. The van der Waals surface area contributed by atoms with Gasteiger partial charge >= 0.3 is 0 Å². The van der Waals surface area contributed by atoms with E-state index in [2.05, 4.69) is 22.7 Å². The summed E-state index contributed by atoms with van der Waals surface area (Å²) in [5, 5.41) is 32.4. The molecule has 6 nitrogen and oxygen atoms in total. The third-order valence-corrected chi connectivity index (χ3v) is 2.81. The number of phenolic OH excluding ortho intramolecular Hbond substituents is 3. The number of hydrogen-bond acceptors (Lipinski definition) is 5. The van der Waals surface area contributed by atoms with Crippen LogP contribution in [0.25, 0.3) is 11.1 Å². The van der Waals surface area contributed by atoms with Gasteiger partial charge in [0, 0.05) is 5.56 Å². The molecule has 0 spiro atoms. The summed E-state index contributed by atoms with van der Waals surface area (Å²) in [5.74, 6) is -0.374. The van der Waals surface area contributed by atoms with Gasteiger partial charge in [0.25, 0.3) is 0 Å². The second-order valence-corrected chi connectivity index (χ2v) is 4.65. The van der Waals surface area contributed by atoms with Crippen LogP contribution in [0.15, 0.2) is 41.5 Å². The number of thiocarbonyl (C=S) groups is 1. The Hall–Kier alpha value is -2.80. The van der Waals surface area contributed by atoms with Crippen LogP contribution in [0.4, 0.5) is 0 Å². The van der Waals surface area contributed by atoms with Crippen LogP contribution >= 0.6 is 12.2 Å². The smallest absolute Gasteiger partial charge is 0.184 e. The molecule has 0 radical (unpaired) electrons. The average Bonchev–Trinajstić information content (AvgIpc) is 2.43. The van der Waals surface area contributed by atoms with Gasteiger partial charge in [-0.15, -0.1) is 0 Å². The van der Waals surface area contributed by atoms with E-state index in [9.17, 15) is 15.3 Å².